The summed E-state index contributed by atoms with van der Waals surface area (Å²) >= 11 is 0. The van der Waals surface area contributed by atoms with Crippen LogP contribution in [0.15, 0.2) is 78.9 Å². The first-order valence-corrected chi connectivity index (χ1v) is 11.0. The Kier molecular flexibility index (Phi) is 7.81. The fraction of sp³-hybridized carbons (Fsp3) is 0.222. The molecule has 176 valence electrons. The molecule has 4 rings (SSSR count). The van der Waals surface area contributed by atoms with Crippen LogP contribution in [0.3, 0.4) is 0 Å². The first-order valence-electron chi connectivity index (χ1n) is 11.0. The zero-order valence-electron chi connectivity index (χ0n) is 19.4. The molecule has 1 atom stereocenters. The lowest BCUT2D eigenvalue weighted by Crippen LogP contribution is -2.32. The second kappa shape index (κ2) is 10.8. The average molecular weight is 462 g/mol. The first kappa shape index (κ1) is 24.7. The van der Waals surface area contributed by atoms with Crippen LogP contribution in [0.1, 0.15) is 53.7 Å². The molecule has 0 aliphatic carbocycles. The van der Waals surface area contributed by atoms with Gasteiger partial charge in [0.05, 0.1) is 12.7 Å². The number of carbonyl (C=O) groups excluding carboxylic acids is 3. The number of carbonyl (C=O) groups is 3. The van der Waals surface area contributed by atoms with E-state index >= 15 is 0 Å². The predicted octanol–water partition coefficient (Wildman–Crippen LogP) is 4.23. The molecule has 7 heteroatoms. The second-order valence-electron chi connectivity index (χ2n) is 7.34. The van der Waals surface area contributed by atoms with E-state index in [1.54, 1.807) is 43.5 Å². The number of amides is 2. The van der Waals surface area contributed by atoms with E-state index in [-0.39, 0.29) is 18.4 Å². The predicted molar refractivity (Wildman–Crippen MR) is 126 cm³/mol. The van der Waals surface area contributed by atoms with Gasteiger partial charge < -0.3 is 14.7 Å². The van der Waals surface area contributed by atoms with Crippen molar-refractivity contribution in [2.24, 2.45) is 0 Å². The number of rotatable bonds is 6. The molecule has 0 aromatic heterocycles. The molecule has 1 N–H and O–H groups in total. The van der Waals surface area contributed by atoms with E-state index in [0.29, 0.717) is 27.5 Å². The summed E-state index contributed by atoms with van der Waals surface area (Å²) in [5.74, 6) is -1.25. The Labute approximate surface area is 198 Å². The summed E-state index contributed by atoms with van der Waals surface area (Å²) in [5.41, 5.74) is 0.448. The van der Waals surface area contributed by atoms with Gasteiger partial charge in [0.2, 0.25) is 0 Å². The van der Waals surface area contributed by atoms with Crippen molar-refractivity contribution in [3.05, 3.63) is 101 Å². The van der Waals surface area contributed by atoms with Crippen LogP contribution < -0.4 is 4.74 Å². The van der Waals surface area contributed by atoms with Crippen molar-refractivity contribution in [3.8, 4) is 5.75 Å². The first-order chi connectivity index (χ1) is 16.4. The summed E-state index contributed by atoms with van der Waals surface area (Å²) in [6, 6.07) is 22.4. The third kappa shape index (κ3) is 4.84. The number of nitrogens with zero attached hydrogens (tertiary/aromatic N) is 1. The summed E-state index contributed by atoms with van der Waals surface area (Å²) in [4.78, 5) is 40.7. The van der Waals surface area contributed by atoms with Crippen LogP contribution in [0.25, 0.3) is 0 Å². The van der Waals surface area contributed by atoms with Gasteiger partial charge in [0.1, 0.15) is 11.4 Å². The molecule has 1 heterocycles. The van der Waals surface area contributed by atoms with E-state index in [1.165, 1.54) is 12.1 Å². The van der Waals surface area contributed by atoms with Crippen LogP contribution in [0.5, 0.6) is 5.75 Å². The van der Waals surface area contributed by atoms with Crippen LogP contribution >= 0.6 is 0 Å². The van der Waals surface area contributed by atoms with Crippen LogP contribution in [0, 0.1) is 0 Å². The van der Waals surface area contributed by atoms with Gasteiger partial charge in [-0.05, 0) is 41.0 Å². The van der Waals surface area contributed by atoms with Crippen molar-refractivity contribution in [1.29, 1.82) is 0 Å². The molecular weight excluding hydrogens is 434 g/mol. The molecule has 7 nitrogen and oxygen atoms in total. The lowest BCUT2D eigenvalue weighted by molar-refractivity contribution is -0.172. The molecule has 0 saturated carbocycles. The normalized spacial score (nSPS) is 14.6. The van der Waals surface area contributed by atoms with Crippen molar-refractivity contribution in [3.63, 3.8) is 0 Å². The van der Waals surface area contributed by atoms with E-state index in [9.17, 15) is 19.5 Å². The number of methoxy groups -OCH3 is 1. The molecule has 0 bridgehead atoms. The molecule has 1 unspecified atom stereocenters. The zero-order chi connectivity index (χ0) is 24.7. The number of ether oxygens (including phenoxy) is 1. The van der Waals surface area contributed by atoms with E-state index in [2.05, 4.69) is 0 Å². The molecule has 2 amide bonds. The Morgan fingerprint density at radius 3 is 1.76 bits per heavy atom. The molecule has 34 heavy (non-hydrogen) atoms. The largest absolute Gasteiger partial charge is 0.497 e. The second-order valence-corrected chi connectivity index (χ2v) is 7.34. The third-order valence-corrected chi connectivity index (χ3v) is 5.42. The van der Waals surface area contributed by atoms with Gasteiger partial charge in [0, 0.05) is 12.8 Å². The Morgan fingerprint density at radius 1 is 0.794 bits per heavy atom. The van der Waals surface area contributed by atoms with Gasteiger partial charge in [0.15, 0.2) is 0 Å². The highest BCUT2D eigenvalue weighted by atomic mass is 16.7. The van der Waals surface area contributed by atoms with E-state index in [4.69, 9.17) is 9.57 Å². The minimum atomic E-state index is -1.49. The topological polar surface area (TPSA) is 93.1 Å². The van der Waals surface area contributed by atoms with Gasteiger partial charge in [-0.15, -0.1) is 5.06 Å². The number of hydroxylamine groups is 2. The summed E-state index contributed by atoms with van der Waals surface area (Å²) < 4.78 is 5.22. The van der Waals surface area contributed by atoms with Crippen molar-refractivity contribution in [2.75, 3.05) is 7.11 Å². The molecule has 3 aromatic rings. The zero-order valence-corrected chi connectivity index (χ0v) is 19.4. The van der Waals surface area contributed by atoms with Gasteiger partial charge in [-0.25, -0.2) is 4.79 Å². The Bertz CT molecular complexity index is 1130. The summed E-state index contributed by atoms with van der Waals surface area (Å²) in [5, 5.41) is 12.4. The summed E-state index contributed by atoms with van der Waals surface area (Å²) in [7, 11) is 1.57. The van der Waals surface area contributed by atoms with Crippen molar-refractivity contribution >= 4 is 17.8 Å². The highest BCUT2D eigenvalue weighted by Crippen LogP contribution is 2.37. The van der Waals surface area contributed by atoms with E-state index in [0.717, 1.165) is 0 Å². The smallest absolute Gasteiger partial charge is 0.363 e. The monoisotopic (exact) mass is 461 g/mol. The average Bonchev–Trinajstić information content (AvgIpc) is 3.22. The van der Waals surface area contributed by atoms with Crippen LogP contribution in [0.4, 0.5) is 0 Å². The number of imide groups is 1. The Balaban J connectivity index is 0.00000158. The van der Waals surface area contributed by atoms with Crippen molar-refractivity contribution < 1.29 is 29.1 Å². The maximum Gasteiger partial charge on any atom is 0.363 e. The maximum absolute atomic E-state index is 12.4. The summed E-state index contributed by atoms with van der Waals surface area (Å²) in [6.07, 6.45) is 0.0496. The lowest BCUT2D eigenvalue weighted by atomic mass is 9.80. The standard InChI is InChI=1S/C25H21NO6.C2H6/c1-31-21-13-11-20(12-14-21)25(30,18-5-3-2-4-6-18)19-9-7-17(8-10-19)24(29)32-26-22(27)15-16-23(26)28;1-2/h2-14,30H,15-16H2,1H3;1-2H3. The van der Waals surface area contributed by atoms with Crippen LogP contribution in [-0.4, -0.2) is 35.1 Å². The minimum absolute atomic E-state index is 0.0248. The highest BCUT2D eigenvalue weighted by Gasteiger charge is 2.35. The lowest BCUT2D eigenvalue weighted by Gasteiger charge is -2.30. The molecule has 1 fully saturated rings. The number of hydrogen-bond acceptors (Lipinski definition) is 6. The fourth-order valence-electron chi connectivity index (χ4n) is 3.65. The third-order valence-electron chi connectivity index (χ3n) is 5.42. The minimum Gasteiger partial charge on any atom is -0.497 e. The molecule has 3 aromatic carbocycles. The highest BCUT2D eigenvalue weighted by molar-refractivity contribution is 6.02. The van der Waals surface area contributed by atoms with Gasteiger partial charge in [-0.1, -0.05) is 68.4 Å². The Morgan fingerprint density at radius 2 is 1.26 bits per heavy atom. The van der Waals surface area contributed by atoms with Crippen LogP contribution in [-0.2, 0) is 20.0 Å². The summed E-state index contributed by atoms with van der Waals surface area (Å²) in [6.45, 7) is 4.00. The van der Waals surface area contributed by atoms with Crippen LogP contribution in [0.2, 0.25) is 0 Å². The number of hydrogen-bond donors (Lipinski definition) is 1. The Hall–Kier alpha value is -3.97. The van der Waals surface area contributed by atoms with Gasteiger partial charge >= 0.3 is 5.97 Å². The molecule has 0 radical (unpaired) electrons. The molecule has 0 spiro atoms. The van der Waals surface area contributed by atoms with Crippen molar-refractivity contribution in [2.45, 2.75) is 32.3 Å². The van der Waals surface area contributed by atoms with Gasteiger partial charge in [-0.3, -0.25) is 9.59 Å². The quantitative estimate of drug-likeness (QED) is 0.436. The number of aliphatic hydroxyl groups is 1. The van der Waals surface area contributed by atoms with E-state index < -0.39 is 23.4 Å². The SMILES string of the molecule is CC.COc1ccc(C(O)(c2ccccc2)c2ccc(C(=O)ON3C(=O)CCC3=O)cc2)cc1. The van der Waals surface area contributed by atoms with Crippen molar-refractivity contribution in [1.82, 2.24) is 5.06 Å². The molecule has 1 aliphatic rings. The molecule has 1 aliphatic heterocycles. The van der Waals surface area contributed by atoms with Gasteiger partial charge in [0.25, 0.3) is 11.8 Å². The molecular formula is C27H27NO6. The molecule has 1 saturated heterocycles. The fourth-order valence-corrected chi connectivity index (χ4v) is 3.65. The van der Waals surface area contributed by atoms with E-state index in [1.807, 2.05) is 44.2 Å². The van der Waals surface area contributed by atoms with Gasteiger partial charge in [-0.2, -0.15) is 0 Å². The number of benzene rings is 3. The maximum atomic E-state index is 12.4.